The fourth-order valence-electron chi connectivity index (χ4n) is 2.43. The van der Waals surface area contributed by atoms with Crippen LogP contribution in [0, 0.1) is 11.3 Å². The van der Waals surface area contributed by atoms with E-state index in [1.807, 2.05) is 42.5 Å². The second-order valence-corrected chi connectivity index (χ2v) is 5.89. The molecule has 2 N–H and O–H groups in total. The van der Waals surface area contributed by atoms with Crippen molar-refractivity contribution < 1.29 is 9.53 Å². The van der Waals surface area contributed by atoms with Crippen molar-refractivity contribution >= 4 is 17.3 Å². The van der Waals surface area contributed by atoms with Crippen LogP contribution in [0.4, 0.5) is 11.4 Å². The maximum atomic E-state index is 12.0. The van der Waals surface area contributed by atoms with Gasteiger partial charge in [-0.3, -0.25) is 4.79 Å². The largest absolute Gasteiger partial charge is 0.489 e. The number of amides is 1. The summed E-state index contributed by atoms with van der Waals surface area (Å²) in [6.07, 6.45) is 0. The molecule has 3 aromatic carbocycles. The van der Waals surface area contributed by atoms with Crippen LogP contribution in [0.5, 0.6) is 5.75 Å². The number of nitrogens with one attached hydrogen (secondary N) is 2. The second kappa shape index (κ2) is 9.07. The van der Waals surface area contributed by atoms with Gasteiger partial charge in [0.05, 0.1) is 18.2 Å². The van der Waals surface area contributed by atoms with Gasteiger partial charge in [-0.05, 0) is 54.1 Å². The second-order valence-electron chi connectivity index (χ2n) is 5.89. The van der Waals surface area contributed by atoms with Crippen molar-refractivity contribution in [2.24, 2.45) is 0 Å². The topological polar surface area (TPSA) is 74.2 Å². The number of hydrogen-bond acceptors (Lipinski definition) is 4. The highest BCUT2D eigenvalue weighted by Crippen LogP contribution is 2.17. The lowest BCUT2D eigenvalue weighted by atomic mass is 10.2. The Balaban J connectivity index is 1.45. The molecule has 0 fully saturated rings. The van der Waals surface area contributed by atoms with Gasteiger partial charge in [-0.2, -0.15) is 5.26 Å². The van der Waals surface area contributed by atoms with Crippen LogP contribution in [0.1, 0.15) is 11.1 Å². The Labute approximate surface area is 158 Å². The van der Waals surface area contributed by atoms with E-state index in [0.29, 0.717) is 17.9 Å². The van der Waals surface area contributed by atoms with Crippen LogP contribution in [0.3, 0.4) is 0 Å². The van der Waals surface area contributed by atoms with E-state index in [1.54, 1.807) is 36.4 Å². The van der Waals surface area contributed by atoms with Crippen molar-refractivity contribution in [1.29, 1.82) is 5.26 Å². The summed E-state index contributed by atoms with van der Waals surface area (Å²) in [5.41, 5.74) is 3.17. The molecule has 0 radical (unpaired) electrons. The van der Waals surface area contributed by atoms with Crippen molar-refractivity contribution in [1.82, 2.24) is 0 Å². The standard InChI is InChI=1S/C22H19N3O2/c23-14-17-6-8-19(9-7-17)24-15-22(26)25-20-10-12-21(13-11-20)27-16-18-4-2-1-3-5-18/h1-13,24H,15-16H2,(H,25,26). The first-order valence-corrected chi connectivity index (χ1v) is 8.53. The van der Waals surface area contributed by atoms with E-state index in [0.717, 1.165) is 17.0 Å². The fourth-order valence-corrected chi connectivity index (χ4v) is 2.43. The maximum absolute atomic E-state index is 12.0. The third-order valence-electron chi connectivity index (χ3n) is 3.85. The van der Waals surface area contributed by atoms with Gasteiger partial charge < -0.3 is 15.4 Å². The summed E-state index contributed by atoms with van der Waals surface area (Å²) < 4.78 is 5.73. The van der Waals surface area contributed by atoms with Crippen LogP contribution in [0.15, 0.2) is 78.9 Å². The Kier molecular flexibility index (Phi) is 6.05. The van der Waals surface area contributed by atoms with Crippen LogP contribution in [-0.2, 0) is 11.4 Å². The van der Waals surface area contributed by atoms with Gasteiger partial charge in [-0.25, -0.2) is 0 Å². The first-order chi connectivity index (χ1) is 13.2. The van der Waals surface area contributed by atoms with Crippen molar-refractivity contribution in [3.8, 4) is 11.8 Å². The lowest BCUT2D eigenvalue weighted by Gasteiger charge is -2.09. The van der Waals surface area contributed by atoms with Gasteiger partial charge in [0.25, 0.3) is 0 Å². The zero-order valence-corrected chi connectivity index (χ0v) is 14.7. The number of ether oxygens (including phenoxy) is 1. The summed E-state index contributed by atoms with van der Waals surface area (Å²) in [5, 5.41) is 14.6. The van der Waals surface area contributed by atoms with Gasteiger partial charge in [0.1, 0.15) is 12.4 Å². The molecule has 0 unspecified atom stereocenters. The summed E-state index contributed by atoms with van der Waals surface area (Å²) in [4.78, 5) is 12.0. The predicted molar refractivity (Wildman–Crippen MR) is 105 cm³/mol. The minimum Gasteiger partial charge on any atom is -0.489 e. The van der Waals surface area contributed by atoms with E-state index in [-0.39, 0.29) is 12.5 Å². The van der Waals surface area contributed by atoms with Crippen molar-refractivity contribution in [3.63, 3.8) is 0 Å². The third kappa shape index (κ3) is 5.62. The van der Waals surface area contributed by atoms with Crippen LogP contribution >= 0.6 is 0 Å². The zero-order valence-electron chi connectivity index (χ0n) is 14.7. The lowest BCUT2D eigenvalue weighted by molar-refractivity contribution is -0.114. The summed E-state index contributed by atoms with van der Waals surface area (Å²) in [7, 11) is 0. The van der Waals surface area contributed by atoms with Gasteiger partial charge in [0.2, 0.25) is 5.91 Å². The molecule has 1 amide bonds. The van der Waals surface area contributed by atoms with Crippen LogP contribution < -0.4 is 15.4 Å². The molecule has 0 aliphatic carbocycles. The summed E-state index contributed by atoms with van der Waals surface area (Å²) in [5.74, 6) is 0.588. The number of anilines is 2. The summed E-state index contributed by atoms with van der Waals surface area (Å²) >= 11 is 0. The van der Waals surface area contributed by atoms with Crippen LogP contribution in [-0.4, -0.2) is 12.5 Å². The van der Waals surface area contributed by atoms with Crippen LogP contribution in [0.2, 0.25) is 0 Å². The van der Waals surface area contributed by atoms with E-state index in [1.165, 1.54) is 0 Å². The summed E-state index contributed by atoms with van der Waals surface area (Å²) in [6, 6.07) is 26.2. The SMILES string of the molecule is N#Cc1ccc(NCC(=O)Nc2ccc(OCc3ccccc3)cc2)cc1. The average molecular weight is 357 g/mol. The van der Waals surface area contributed by atoms with Crippen molar-refractivity contribution in [3.05, 3.63) is 90.0 Å². The van der Waals surface area contributed by atoms with E-state index < -0.39 is 0 Å². The molecule has 0 bridgehead atoms. The number of carbonyl (C=O) groups excluding carboxylic acids is 1. The molecule has 3 rings (SSSR count). The Morgan fingerprint density at radius 3 is 2.22 bits per heavy atom. The molecule has 0 atom stereocenters. The highest BCUT2D eigenvalue weighted by atomic mass is 16.5. The molecule has 0 saturated carbocycles. The number of benzene rings is 3. The zero-order chi connectivity index (χ0) is 18.9. The fraction of sp³-hybridized carbons (Fsp3) is 0.0909. The molecule has 5 nitrogen and oxygen atoms in total. The highest BCUT2D eigenvalue weighted by Gasteiger charge is 2.03. The Hall–Kier alpha value is -3.78. The molecule has 3 aromatic rings. The first-order valence-electron chi connectivity index (χ1n) is 8.53. The summed E-state index contributed by atoms with van der Waals surface area (Å²) in [6.45, 7) is 0.638. The monoisotopic (exact) mass is 357 g/mol. The molecule has 0 aromatic heterocycles. The van der Waals surface area contributed by atoms with E-state index in [2.05, 4.69) is 16.7 Å². The van der Waals surface area contributed by atoms with Crippen molar-refractivity contribution in [2.75, 3.05) is 17.2 Å². The molecule has 27 heavy (non-hydrogen) atoms. The van der Waals surface area contributed by atoms with E-state index in [9.17, 15) is 4.79 Å². The lowest BCUT2D eigenvalue weighted by Crippen LogP contribution is -2.21. The first kappa shape index (κ1) is 18.0. The highest BCUT2D eigenvalue weighted by molar-refractivity contribution is 5.93. The molecule has 0 aliphatic heterocycles. The molecule has 0 heterocycles. The molecule has 5 heteroatoms. The van der Waals surface area contributed by atoms with Gasteiger partial charge in [0.15, 0.2) is 0 Å². The molecule has 0 aliphatic rings. The maximum Gasteiger partial charge on any atom is 0.243 e. The van der Waals surface area contributed by atoms with Gasteiger partial charge in [-0.1, -0.05) is 30.3 Å². The van der Waals surface area contributed by atoms with Crippen molar-refractivity contribution in [2.45, 2.75) is 6.61 Å². The van der Waals surface area contributed by atoms with E-state index in [4.69, 9.17) is 10.00 Å². The number of hydrogen-bond donors (Lipinski definition) is 2. The molecule has 0 spiro atoms. The van der Waals surface area contributed by atoms with Gasteiger partial charge in [0, 0.05) is 11.4 Å². The van der Waals surface area contributed by atoms with E-state index >= 15 is 0 Å². The van der Waals surface area contributed by atoms with Crippen LogP contribution in [0.25, 0.3) is 0 Å². The number of nitrogens with zero attached hydrogens (tertiary/aromatic N) is 1. The Morgan fingerprint density at radius 1 is 0.889 bits per heavy atom. The minimum absolute atomic E-state index is 0.137. The molecular formula is C22H19N3O2. The number of rotatable bonds is 7. The quantitative estimate of drug-likeness (QED) is 0.665. The van der Waals surface area contributed by atoms with Gasteiger partial charge >= 0.3 is 0 Å². The number of carbonyl (C=O) groups is 1. The third-order valence-corrected chi connectivity index (χ3v) is 3.85. The molecule has 0 saturated heterocycles. The smallest absolute Gasteiger partial charge is 0.243 e. The Bertz CT molecular complexity index is 915. The molecular weight excluding hydrogens is 338 g/mol. The van der Waals surface area contributed by atoms with Gasteiger partial charge in [-0.15, -0.1) is 0 Å². The Morgan fingerprint density at radius 2 is 1.56 bits per heavy atom. The minimum atomic E-state index is -0.155. The normalized spacial score (nSPS) is 9.89. The predicted octanol–water partition coefficient (Wildman–Crippen LogP) is 4.19. The number of nitriles is 1. The molecule has 134 valence electrons. The average Bonchev–Trinajstić information content (AvgIpc) is 2.73.